The van der Waals surface area contributed by atoms with Crippen LogP contribution >= 0.6 is 0 Å². The van der Waals surface area contributed by atoms with Crippen LogP contribution in [0.2, 0.25) is 23.7 Å². The van der Waals surface area contributed by atoms with Gasteiger partial charge in [0.2, 0.25) is 0 Å². The minimum absolute atomic E-state index is 0.177. The minimum atomic E-state index is -1.50. The second-order valence-electron chi connectivity index (χ2n) is 6.08. The van der Waals surface area contributed by atoms with Crippen molar-refractivity contribution in [3.8, 4) is 0 Å². The summed E-state index contributed by atoms with van der Waals surface area (Å²) in [7, 11) is -1.50. The monoisotopic (exact) mass is 244 g/mol. The summed E-state index contributed by atoms with van der Waals surface area (Å²) in [6.45, 7) is 14.5. The molecule has 0 amide bonds. The second kappa shape index (κ2) is 4.49. The molecule has 0 aromatic heterocycles. The molecule has 1 saturated heterocycles. The molecule has 1 aliphatic heterocycles. The van der Waals surface area contributed by atoms with Gasteiger partial charge in [-0.25, -0.2) is 4.79 Å². The Bertz CT molecular complexity index is 268. The van der Waals surface area contributed by atoms with Crippen LogP contribution in [-0.2, 0) is 14.3 Å². The van der Waals surface area contributed by atoms with Crippen molar-refractivity contribution in [2.24, 2.45) is 0 Å². The first-order chi connectivity index (χ1) is 7.21. The van der Waals surface area contributed by atoms with Gasteiger partial charge in [-0.1, -0.05) is 33.9 Å². The molecule has 0 bridgehead atoms. The summed E-state index contributed by atoms with van der Waals surface area (Å²) in [5, 5.41) is 0.284. The Balaban J connectivity index is 2.72. The molecule has 1 heterocycles. The molecule has 0 aromatic rings. The summed E-state index contributed by atoms with van der Waals surface area (Å²) in [5.74, 6) is -0.177. The maximum absolute atomic E-state index is 11.7. The van der Waals surface area contributed by atoms with Gasteiger partial charge in [0.1, 0.15) is 0 Å². The summed E-state index contributed by atoms with van der Waals surface area (Å²) in [4.78, 5) is 11.7. The smallest absolute Gasteiger partial charge is 0.335 e. The highest BCUT2D eigenvalue weighted by molar-refractivity contribution is 6.82. The van der Waals surface area contributed by atoms with E-state index >= 15 is 0 Å². The molecule has 2 unspecified atom stereocenters. The number of hydrogen-bond donors (Lipinski definition) is 0. The lowest BCUT2D eigenvalue weighted by Crippen LogP contribution is -2.57. The number of rotatable bonds is 3. The molecule has 3 nitrogen and oxygen atoms in total. The highest BCUT2D eigenvalue weighted by atomic mass is 28.3. The Morgan fingerprint density at radius 3 is 2.31 bits per heavy atom. The molecule has 16 heavy (non-hydrogen) atoms. The highest BCUT2D eigenvalue weighted by Crippen LogP contribution is 2.49. The first kappa shape index (κ1) is 13.7. The number of hydrogen-bond acceptors (Lipinski definition) is 3. The average molecular weight is 244 g/mol. The summed E-state index contributed by atoms with van der Waals surface area (Å²) in [5.41, 5.74) is 0.395. The first-order valence-corrected chi connectivity index (χ1v) is 9.07. The predicted molar refractivity (Wildman–Crippen MR) is 67.3 cm³/mol. The van der Waals surface area contributed by atoms with E-state index in [0.717, 1.165) is 6.61 Å². The van der Waals surface area contributed by atoms with Crippen molar-refractivity contribution in [3.63, 3.8) is 0 Å². The second-order valence-corrected chi connectivity index (χ2v) is 11.8. The van der Waals surface area contributed by atoms with Gasteiger partial charge >= 0.3 is 5.97 Å². The molecule has 0 aromatic carbocycles. The van der Waals surface area contributed by atoms with E-state index < -0.39 is 8.07 Å². The summed E-state index contributed by atoms with van der Waals surface area (Å²) in [6, 6.07) is 0. The van der Waals surface area contributed by atoms with E-state index in [2.05, 4.69) is 33.9 Å². The Labute approximate surface area is 99.5 Å². The van der Waals surface area contributed by atoms with Crippen LogP contribution in [0, 0.1) is 0 Å². The molecule has 4 heteroatoms. The number of carbonyl (C=O) groups is 1. The molecule has 1 fully saturated rings. The fraction of sp³-hybridized carbons (Fsp3) is 0.917. The molecule has 0 radical (unpaired) electrons. The van der Waals surface area contributed by atoms with Gasteiger partial charge in [0, 0.05) is 5.54 Å². The Morgan fingerprint density at radius 2 is 2.00 bits per heavy atom. The van der Waals surface area contributed by atoms with Crippen LogP contribution in [0.3, 0.4) is 0 Å². The third kappa shape index (κ3) is 2.32. The molecule has 2 atom stereocenters. The average Bonchev–Trinajstić information content (AvgIpc) is 1.98. The normalized spacial score (nSPS) is 26.1. The third-order valence-electron chi connectivity index (χ3n) is 4.20. The van der Waals surface area contributed by atoms with Gasteiger partial charge in [-0.15, -0.1) is 0 Å². The van der Waals surface area contributed by atoms with Gasteiger partial charge in [0.25, 0.3) is 0 Å². The predicted octanol–water partition coefficient (Wildman–Crippen LogP) is 2.83. The molecule has 94 valence electrons. The van der Waals surface area contributed by atoms with Crippen LogP contribution in [-0.4, -0.2) is 33.4 Å². The molecule has 1 rings (SSSR count). The molecule has 0 saturated carbocycles. The van der Waals surface area contributed by atoms with Crippen LogP contribution < -0.4 is 0 Å². The fourth-order valence-electron chi connectivity index (χ4n) is 1.89. The lowest BCUT2D eigenvalue weighted by Gasteiger charge is -2.50. The Hall–Kier alpha value is -0.353. The largest absolute Gasteiger partial charge is 0.464 e. The molecule has 1 aliphatic rings. The van der Waals surface area contributed by atoms with E-state index in [1.807, 2.05) is 6.92 Å². The van der Waals surface area contributed by atoms with Crippen molar-refractivity contribution in [1.82, 2.24) is 0 Å². The van der Waals surface area contributed by atoms with Crippen molar-refractivity contribution in [3.05, 3.63) is 0 Å². The summed E-state index contributed by atoms with van der Waals surface area (Å²) < 4.78 is 10.4. The lowest BCUT2D eigenvalue weighted by atomic mass is 10.2. The van der Waals surface area contributed by atoms with E-state index in [1.165, 1.54) is 0 Å². The third-order valence-corrected chi connectivity index (χ3v) is 10.4. The van der Waals surface area contributed by atoms with Crippen molar-refractivity contribution in [1.29, 1.82) is 0 Å². The highest BCUT2D eigenvalue weighted by Gasteiger charge is 2.53. The van der Waals surface area contributed by atoms with Gasteiger partial charge in [-0.2, -0.15) is 0 Å². The molecule has 0 spiro atoms. The fourth-order valence-corrected chi connectivity index (χ4v) is 4.50. The Kier molecular flexibility index (Phi) is 3.85. The topological polar surface area (TPSA) is 35.5 Å². The maximum Gasteiger partial charge on any atom is 0.335 e. The Morgan fingerprint density at radius 1 is 1.44 bits per heavy atom. The summed E-state index contributed by atoms with van der Waals surface area (Å²) in [6.07, 6.45) is -0.305. The van der Waals surface area contributed by atoms with Crippen LogP contribution in [0.15, 0.2) is 0 Å². The number of esters is 1. The van der Waals surface area contributed by atoms with Crippen LogP contribution in [0.4, 0.5) is 0 Å². The first-order valence-electron chi connectivity index (χ1n) is 6.00. The van der Waals surface area contributed by atoms with Crippen LogP contribution in [0.5, 0.6) is 0 Å². The van der Waals surface area contributed by atoms with Crippen molar-refractivity contribution in [2.45, 2.75) is 57.5 Å². The van der Waals surface area contributed by atoms with Gasteiger partial charge in [-0.3, -0.25) is 0 Å². The molecular weight excluding hydrogens is 220 g/mol. The van der Waals surface area contributed by atoms with Crippen LogP contribution in [0.25, 0.3) is 0 Å². The number of ether oxygens (including phenoxy) is 2. The zero-order valence-electron chi connectivity index (χ0n) is 11.3. The van der Waals surface area contributed by atoms with Crippen LogP contribution in [0.1, 0.15) is 27.7 Å². The van der Waals surface area contributed by atoms with E-state index in [-0.39, 0.29) is 17.1 Å². The van der Waals surface area contributed by atoms with E-state index in [1.54, 1.807) is 0 Å². The zero-order chi connectivity index (χ0) is 12.6. The minimum Gasteiger partial charge on any atom is -0.464 e. The van der Waals surface area contributed by atoms with Crippen molar-refractivity contribution >= 4 is 14.0 Å². The van der Waals surface area contributed by atoms with E-state index in [9.17, 15) is 4.79 Å². The van der Waals surface area contributed by atoms with Gasteiger partial charge < -0.3 is 9.47 Å². The molecule has 0 aliphatic carbocycles. The zero-order valence-corrected chi connectivity index (χ0v) is 12.3. The van der Waals surface area contributed by atoms with Crippen molar-refractivity contribution < 1.29 is 14.3 Å². The maximum atomic E-state index is 11.7. The SMILES string of the molecule is CCOC(=O)C1OCC1[Si](C)(C)C(C)(C)C. The van der Waals surface area contributed by atoms with Crippen molar-refractivity contribution in [2.75, 3.05) is 13.2 Å². The van der Waals surface area contributed by atoms with Gasteiger partial charge in [0.05, 0.1) is 21.3 Å². The van der Waals surface area contributed by atoms with E-state index in [0.29, 0.717) is 12.1 Å². The number of carbonyl (C=O) groups excluding carboxylic acids is 1. The van der Waals surface area contributed by atoms with Gasteiger partial charge in [0.15, 0.2) is 6.10 Å². The van der Waals surface area contributed by atoms with Gasteiger partial charge in [-0.05, 0) is 12.0 Å². The lowest BCUT2D eigenvalue weighted by molar-refractivity contribution is -0.169. The summed E-state index contributed by atoms with van der Waals surface area (Å²) >= 11 is 0. The quantitative estimate of drug-likeness (QED) is 0.566. The van der Waals surface area contributed by atoms with E-state index in [4.69, 9.17) is 9.47 Å². The molecule has 0 N–H and O–H groups in total. The molecular formula is C12H24O3Si. The standard InChI is InChI=1S/C12H24O3Si/c1-7-14-11(13)10-9(8-15-10)16(5,6)12(2,3)4/h9-10H,7-8H2,1-6H3.